The molecule has 8 rings (SSSR count). The van der Waals surface area contributed by atoms with Crippen molar-refractivity contribution in [1.29, 1.82) is 0 Å². The van der Waals surface area contributed by atoms with E-state index < -0.39 is 69.4 Å². The van der Waals surface area contributed by atoms with Crippen molar-refractivity contribution in [2.75, 3.05) is 44.2 Å². The van der Waals surface area contributed by atoms with Crippen molar-refractivity contribution >= 4 is 27.5 Å². The van der Waals surface area contributed by atoms with Crippen LogP contribution in [-0.2, 0) is 6.18 Å². The summed E-state index contributed by atoms with van der Waals surface area (Å²) in [6, 6.07) is 3.87. The van der Waals surface area contributed by atoms with Crippen LogP contribution in [-0.4, -0.2) is 75.9 Å². The molecule has 9 nitrogen and oxygen atoms in total. The van der Waals surface area contributed by atoms with Gasteiger partial charge in [-0.1, -0.05) is 6.07 Å². The topological polar surface area (TPSA) is 95.8 Å². The number of likely N-dealkylation sites (tertiary alicyclic amines) is 1. The lowest BCUT2D eigenvalue weighted by atomic mass is 10.1. The molecular weight excluding hydrogens is 623 g/mol. The van der Waals surface area contributed by atoms with Crippen LogP contribution in [0, 0.1) is 17.0 Å². The zero-order chi connectivity index (χ0) is 34.5. The number of fused-ring (bicyclic) bond motifs is 4. The number of rotatable bonds is 7. The Hall–Kier alpha value is -4.04. The Morgan fingerprint density at radius 1 is 1.06 bits per heavy atom. The molecule has 0 radical (unpaired) electrons. The third kappa shape index (κ3) is 5.44. The number of nitrogens with zero attached hydrogens (tertiary/aromatic N) is 5. The monoisotopic (exact) mass is 658 g/mol. The lowest BCUT2D eigenvalue weighted by molar-refractivity contribution is -0.142. The first-order chi connectivity index (χ1) is 23.2. The smallest absolute Gasteiger partial charge is 0.431 e. The Balaban J connectivity index is 1.35. The van der Waals surface area contributed by atoms with Crippen molar-refractivity contribution in [3.05, 3.63) is 58.0 Å². The Morgan fingerprint density at radius 3 is 2.47 bits per heavy atom. The van der Waals surface area contributed by atoms with Crippen LogP contribution in [0.15, 0.2) is 35.1 Å². The van der Waals surface area contributed by atoms with Gasteiger partial charge in [-0.2, -0.15) is 23.1 Å². The summed E-state index contributed by atoms with van der Waals surface area (Å²) in [4.78, 5) is 27.0. The lowest BCUT2D eigenvalue weighted by Gasteiger charge is -2.34. The lowest BCUT2D eigenvalue weighted by Crippen LogP contribution is -2.51. The highest BCUT2D eigenvalue weighted by Gasteiger charge is 2.45. The molecule has 2 N–H and O–H groups in total. The molecule has 3 saturated heterocycles. The Bertz CT molecular complexity index is 2040. The summed E-state index contributed by atoms with van der Waals surface area (Å²) < 4.78 is 98.5. The number of halogens is 5. The van der Waals surface area contributed by atoms with Gasteiger partial charge in [-0.3, -0.25) is 9.36 Å². The number of benzene rings is 2. The third-order valence-corrected chi connectivity index (χ3v) is 9.79. The highest BCUT2D eigenvalue weighted by Crippen LogP contribution is 2.47. The molecule has 248 valence electrons. The van der Waals surface area contributed by atoms with Gasteiger partial charge >= 0.3 is 12.2 Å². The zero-order valence-electron chi connectivity index (χ0n) is 27.2. The highest BCUT2D eigenvalue weighted by molar-refractivity contribution is 5.94. The van der Waals surface area contributed by atoms with Crippen LogP contribution >= 0.6 is 0 Å². The van der Waals surface area contributed by atoms with Crippen molar-refractivity contribution in [1.82, 2.24) is 24.8 Å². The Morgan fingerprint density at radius 2 is 1.79 bits per heavy atom. The van der Waals surface area contributed by atoms with Crippen LogP contribution in [0.5, 0.6) is 11.8 Å². The van der Waals surface area contributed by atoms with Gasteiger partial charge in [0.05, 0.1) is 20.4 Å². The quantitative estimate of drug-likeness (QED) is 0.264. The average Bonchev–Trinajstić information content (AvgIpc) is 3.51. The van der Waals surface area contributed by atoms with Gasteiger partial charge in [0.2, 0.25) is 0 Å². The van der Waals surface area contributed by atoms with E-state index in [1.54, 1.807) is 4.90 Å². The van der Waals surface area contributed by atoms with Gasteiger partial charge in [0.25, 0.3) is 5.56 Å². The van der Waals surface area contributed by atoms with E-state index in [0.29, 0.717) is 38.5 Å². The summed E-state index contributed by atoms with van der Waals surface area (Å²) in [5.74, 6) is -3.47. The number of pyridine rings is 1. The van der Waals surface area contributed by atoms with E-state index >= 15 is 4.39 Å². The number of alkyl halides is 3. The first-order valence-electron chi connectivity index (χ1n) is 16.8. The number of nitrogens with one attached hydrogen (secondary N) is 1. The number of hydrogen-bond acceptors (Lipinski definition) is 8. The highest BCUT2D eigenvalue weighted by atomic mass is 19.4. The van der Waals surface area contributed by atoms with E-state index in [4.69, 9.17) is 7.48 Å². The maximum Gasteiger partial charge on any atom is 0.431 e. The normalized spacial score (nSPS) is 23.4. The van der Waals surface area contributed by atoms with Crippen molar-refractivity contribution in [2.24, 2.45) is 5.41 Å². The number of anilines is 1. The molecule has 0 amide bonds. The van der Waals surface area contributed by atoms with Crippen molar-refractivity contribution in [3.8, 4) is 17.4 Å². The number of phenols is 1. The van der Waals surface area contributed by atoms with E-state index in [2.05, 4.69) is 20.2 Å². The Kier molecular flexibility index (Phi) is 6.56. The van der Waals surface area contributed by atoms with Crippen molar-refractivity contribution < 1.29 is 34.5 Å². The van der Waals surface area contributed by atoms with Crippen LogP contribution in [0.4, 0.5) is 27.8 Å². The fourth-order valence-electron chi connectivity index (χ4n) is 7.36. The molecular formula is C33H33F5N6O3. The van der Waals surface area contributed by atoms with Gasteiger partial charge in [-0.15, -0.1) is 0 Å². The molecule has 0 unspecified atom stereocenters. The summed E-state index contributed by atoms with van der Waals surface area (Å²) >= 11 is 0. The van der Waals surface area contributed by atoms with Crippen LogP contribution in [0.1, 0.15) is 47.0 Å². The second kappa shape index (κ2) is 11.0. The van der Waals surface area contributed by atoms with E-state index in [1.165, 1.54) is 0 Å². The molecule has 4 fully saturated rings. The summed E-state index contributed by atoms with van der Waals surface area (Å²) in [5, 5.41) is 12.8. The van der Waals surface area contributed by atoms with Gasteiger partial charge in [0.15, 0.2) is 11.6 Å². The number of aromatic hydroxyl groups is 1. The minimum atomic E-state index is -5.19. The van der Waals surface area contributed by atoms with Gasteiger partial charge in [-0.05, 0) is 75.2 Å². The number of ether oxygens (including phenoxy) is 1. The zero-order valence-corrected chi connectivity index (χ0v) is 25.2. The molecule has 2 atom stereocenters. The molecule has 47 heavy (non-hydrogen) atoms. The number of piperazine rings is 1. The van der Waals surface area contributed by atoms with Crippen LogP contribution in [0.2, 0.25) is 0 Å². The minimum absolute atomic E-state index is 0.0219. The van der Waals surface area contributed by atoms with E-state index in [1.807, 2.05) is 0 Å². The fourth-order valence-corrected chi connectivity index (χ4v) is 7.36. The summed E-state index contributed by atoms with van der Waals surface area (Å²) in [7, 11) is 0. The molecule has 4 aromatic rings. The summed E-state index contributed by atoms with van der Waals surface area (Å²) in [6.07, 6.45) is -0.388. The summed E-state index contributed by atoms with van der Waals surface area (Å²) in [5.41, 5.74) is -5.01. The third-order valence-electron chi connectivity index (χ3n) is 9.79. The van der Waals surface area contributed by atoms with Crippen molar-refractivity contribution in [3.63, 3.8) is 0 Å². The molecule has 5 heterocycles. The standard InChI is InChI=1S/C33H33F5N6O3/c34-23-6-3-18-11-21(45)12-24(26(18)27(23)35)44-25(33(36,37)38)13-22-28(30(44)46)40-31(41-29(22)43-14-19-4-5-20(15-43)39-19)47-17-32(7-8-32)16-42-9-1-2-10-42/h3,6,11-13,19-20,39,45H,1-2,4-5,7-10,14-17H2/t19-,20+/i17D2. The van der Waals surface area contributed by atoms with Crippen LogP contribution in [0.3, 0.4) is 0 Å². The van der Waals surface area contributed by atoms with Gasteiger partial charge in [0.1, 0.15) is 22.8 Å². The van der Waals surface area contributed by atoms with E-state index in [0.717, 1.165) is 63.0 Å². The second-order valence-corrected chi connectivity index (χ2v) is 13.2. The van der Waals surface area contributed by atoms with Gasteiger partial charge in [0, 0.05) is 48.6 Å². The molecule has 1 saturated carbocycles. The molecule has 2 aromatic carbocycles. The van der Waals surface area contributed by atoms with Crippen LogP contribution < -0.4 is 20.5 Å². The van der Waals surface area contributed by atoms with Crippen molar-refractivity contribution in [2.45, 2.75) is 56.8 Å². The SMILES string of the molecule is [2H]C([2H])(Oc1nc(N2C[C@H]3CC[C@@H](C2)N3)c2cc(C(F)(F)F)n(-c3cc(O)cc4ccc(F)c(F)c34)c(=O)c2n1)C1(CN2CCCC2)CC1. The maximum absolute atomic E-state index is 15.3. The number of phenolic OH excluding ortho intramolecular Hbond substituents is 1. The summed E-state index contributed by atoms with van der Waals surface area (Å²) in [6.45, 7) is 0.580. The number of aromatic nitrogens is 3. The first-order valence-corrected chi connectivity index (χ1v) is 15.8. The molecule has 4 aliphatic rings. The van der Waals surface area contributed by atoms with E-state index in [-0.39, 0.29) is 33.2 Å². The first kappa shape index (κ1) is 28.0. The average molecular weight is 659 g/mol. The fraction of sp³-hybridized carbons (Fsp3) is 0.485. The largest absolute Gasteiger partial charge is 0.508 e. The Labute approximate surface area is 268 Å². The predicted octanol–water partition coefficient (Wildman–Crippen LogP) is 5.13. The molecule has 0 spiro atoms. The van der Waals surface area contributed by atoms with E-state index in [9.17, 15) is 27.5 Å². The maximum atomic E-state index is 15.3. The molecule has 3 aliphatic heterocycles. The molecule has 2 bridgehead atoms. The van der Waals surface area contributed by atoms with Gasteiger partial charge < -0.3 is 25.0 Å². The number of hydrogen-bond donors (Lipinski definition) is 2. The second-order valence-electron chi connectivity index (χ2n) is 13.2. The molecule has 2 aromatic heterocycles. The predicted molar refractivity (Wildman–Crippen MR) is 164 cm³/mol. The van der Waals surface area contributed by atoms with Gasteiger partial charge in [-0.25, -0.2) is 8.78 Å². The molecule has 14 heteroatoms. The molecule has 1 aliphatic carbocycles. The van der Waals surface area contributed by atoms with Crippen LogP contribution in [0.25, 0.3) is 27.4 Å². The minimum Gasteiger partial charge on any atom is -0.508 e.